The smallest absolute Gasteiger partial charge is 0.257 e. The number of amides is 1. The van der Waals surface area contributed by atoms with Gasteiger partial charge in [-0.25, -0.2) is 9.97 Å². The van der Waals surface area contributed by atoms with Gasteiger partial charge in [-0.15, -0.1) is 0 Å². The number of carbonyl (C=O) groups excluding carboxylic acids is 1. The average molecular weight is 380 g/mol. The second-order valence-electron chi connectivity index (χ2n) is 8.43. The fourth-order valence-electron chi connectivity index (χ4n) is 4.76. The molecule has 2 saturated heterocycles. The first-order valence-electron chi connectivity index (χ1n) is 10.3. The highest BCUT2D eigenvalue weighted by Gasteiger charge is 2.40. The molecule has 1 unspecified atom stereocenters. The number of carbonyl (C=O) groups is 1. The molecule has 0 N–H and O–H groups in total. The van der Waals surface area contributed by atoms with Crippen LogP contribution in [0.4, 0.5) is 0 Å². The molecule has 1 spiro atoms. The molecule has 2 aromatic rings. The molecule has 1 amide bonds. The molecule has 0 bridgehead atoms. The molecule has 6 nitrogen and oxygen atoms in total. The van der Waals surface area contributed by atoms with E-state index in [0.29, 0.717) is 11.4 Å². The van der Waals surface area contributed by atoms with Crippen molar-refractivity contribution in [1.29, 1.82) is 0 Å². The molecular formula is C22H29N5O. The molecule has 2 aliphatic rings. The Morgan fingerprint density at radius 3 is 2.57 bits per heavy atom. The van der Waals surface area contributed by atoms with Crippen molar-refractivity contribution in [3.05, 3.63) is 53.4 Å². The van der Waals surface area contributed by atoms with E-state index >= 15 is 0 Å². The van der Waals surface area contributed by atoms with E-state index in [1.807, 2.05) is 24.8 Å². The molecular weight excluding hydrogens is 350 g/mol. The lowest BCUT2D eigenvalue weighted by molar-refractivity contribution is 0.0110. The number of aromatic nitrogens is 3. The van der Waals surface area contributed by atoms with E-state index in [1.54, 1.807) is 12.4 Å². The fraction of sp³-hybridized carbons (Fsp3) is 0.545. The minimum atomic E-state index is 0.0662. The lowest BCUT2D eigenvalue weighted by atomic mass is 9.73. The molecule has 2 aromatic heterocycles. The molecule has 4 heterocycles. The molecule has 0 radical (unpaired) electrons. The largest absolute Gasteiger partial charge is 0.338 e. The predicted octanol–water partition coefficient (Wildman–Crippen LogP) is 3.01. The number of hydrogen-bond donors (Lipinski definition) is 0. The Hall–Kier alpha value is -2.34. The highest BCUT2D eigenvalue weighted by atomic mass is 16.2. The van der Waals surface area contributed by atoms with Crippen molar-refractivity contribution in [3.63, 3.8) is 0 Å². The summed E-state index contributed by atoms with van der Waals surface area (Å²) in [5.74, 6) is 0.760. The fourth-order valence-corrected chi connectivity index (χ4v) is 4.76. The molecule has 1 atom stereocenters. The predicted molar refractivity (Wildman–Crippen MR) is 108 cm³/mol. The topological polar surface area (TPSA) is 62.2 Å². The molecule has 2 fully saturated rings. The number of hydrogen-bond acceptors (Lipinski definition) is 5. The first-order valence-corrected chi connectivity index (χ1v) is 10.3. The zero-order chi connectivity index (χ0) is 19.6. The van der Waals surface area contributed by atoms with E-state index in [1.165, 1.54) is 19.3 Å². The second-order valence-corrected chi connectivity index (χ2v) is 8.43. The van der Waals surface area contributed by atoms with Gasteiger partial charge in [0.2, 0.25) is 0 Å². The van der Waals surface area contributed by atoms with Gasteiger partial charge in [-0.2, -0.15) is 0 Å². The third-order valence-electron chi connectivity index (χ3n) is 6.05. The summed E-state index contributed by atoms with van der Waals surface area (Å²) in [7, 11) is 0. The van der Waals surface area contributed by atoms with Crippen molar-refractivity contribution in [2.45, 2.75) is 46.1 Å². The summed E-state index contributed by atoms with van der Waals surface area (Å²) in [4.78, 5) is 30.6. The Kier molecular flexibility index (Phi) is 5.40. The highest BCUT2D eigenvalue weighted by Crippen LogP contribution is 2.39. The van der Waals surface area contributed by atoms with Crippen molar-refractivity contribution >= 4 is 5.91 Å². The van der Waals surface area contributed by atoms with Crippen molar-refractivity contribution < 1.29 is 4.79 Å². The average Bonchev–Trinajstić information content (AvgIpc) is 2.68. The summed E-state index contributed by atoms with van der Waals surface area (Å²) in [5.41, 5.74) is 3.00. The molecule has 148 valence electrons. The van der Waals surface area contributed by atoms with Gasteiger partial charge in [0.05, 0.1) is 11.3 Å². The normalized spacial score (nSPS) is 23.1. The standard InChI is InChI=1S/C22H29N5O/c1-17-6-3-7-20(25-17)14-26-10-4-8-22(15-26)9-5-11-27(16-22)21(28)19-12-23-18(2)24-13-19/h3,6-7,12-13H,4-5,8-11,14-16H2,1-2H3. The van der Waals surface area contributed by atoms with E-state index in [-0.39, 0.29) is 11.3 Å². The molecule has 0 aromatic carbocycles. The van der Waals surface area contributed by atoms with Crippen LogP contribution in [0.5, 0.6) is 0 Å². The van der Waals surface area contributed by atoms with Crippen LogP contribution >= 0.6 is 0 Å². The number of piperidine rings is 2. The van der Waals surface area contributed by atoms with Gasteiger partial charge in [0.25, 0.3) is 5.91 Å². The Morgan fingerprint density at radius 2 is 1.82 bits per heavy atom. The summed E-state index contributed by atoms with van der Waals surface area (Å²) >= 11 is 0. The Labute approximate surface area is 167 Å². The monoisotopic (exact) mass is 379 g/mol. The first kappa shape index (κ1) is 19.0. The maximum Gasteiger partial charge on any atom is 0.257 e. The Bertz CT molecular complexity index is 833. The van der Waals surface area contributed by atoms with E-state index in [2.05, 4.69) is 32.0 Å². The summed E-state index contributed by atoms with van der Waals surface area (Å²) in [5, 5.41) is 0. The molecule has 0 saturated carbocycles. The number of likely N-dealkylation sites (tertiary alicyclic amines) is 2. The lowest BCUT2D eigenvalue weighted by Gasteiger charge is -2.48. The minimum absolute atomic E-state index is 0.0662. The minimum Gasteiger partial charge on any atom is -0.338 e. The van der Waals surface area contributed by atoms with Gasteiger partial charge in [-0.3, -0.25) is 14.7 Å². The maximum atomic E-state index is 13.0. The van der Waals surface area contributed by atoms with Crippen LogP contribution in [0.15, 0.2) is 30.6 Å². The van der Waals surface area contributed by atoms with Crippen LogP contribution < -0.4 is 0 Å². The van der Waals surface area contributed by atoms with E-state index in [0.717, 1.165) is 50.5 Å². The Balaban J connectivity index is 1.44. The molecule has 0 aliphatic carbocycles. The van der Waals surface area contributed by atoms with Crippen molar-refractivity contribution in [3.8, 4) is 0 Å². The van der Waals surface area contributed by atoms with Gasteiger partial charge < -0.3 is 4.90 Å². The zero-order valence-electron chi connectivity index (χ0n) is 16.9. The zero-order valence-corrected chi connectivity index (χ0v) is 16.9. The van der Waals surface area contributed by atoms with Crippen LogP contribution in [0, 0.1) is 19.3 Å². The first-order chi connectivity index (χ1) is 13.5. The number of pyridine rings is 1. The van der Waals surface area contributed by atoms with Crippen LogP contribution in [0.3, 0.4) is 0 Å². The van der Waals surface area contributed by atoms with Crippen LogP contribution in [0.2, 0.25) is 0 Å². The quantitative estimate of drug-likeness (QED) is 0.820. The summed E-state index contributed by atoms with van der Waals surface area (Å²) in [6.45, 7) is 8.58. The summed E-state index contributed by atoms with van der Waals surface area (Å²) < 4.78 is 0. The Morgan fingerprint density at radius 1 is 1.07 bits per heavy atom. The van der Waals surface area contributed by atoms with Crippen molar-refractivity contribution in [2.24, 2.45) is 5.41 Å². The third kappa shape index (κ3) is 4.22. The molecule has 2 aliphatic heterocycles. The lowest BCUT2D eigenvalue weighted by Crippen LogP contribution is -2.53. The number of rotatable bonds is 3. The summed E-state index contributed by atoms with van der Waals surface area (Å²) in [6, 6.07) is 6.24. The van der Waals surface area contributed by atoms with Gasteiger partial charge in [0.1, 0.15) is 5.82 Å². The van der Waals surface area contributed by atoms with Gasteiger partial charge in [-0.1, -0.05) is 6.07 Å². The second kappa shape index (κ2) is 7.95. The third-order valence-corrected chi connectivity index (χ3v) is 6.05. The van der Waals surface area contributed by atoms with E-state index in [9.17, 15) is 4.79 Å². The van der Waals surface area contributed by atoms with Crippen molar-refractivity contribution in [2.75, 3.05) is 26.2 Å². The molecule has 4 rings (SSSR count). The van der Waals surface area contributed by atoms with Crippen LogP contribution in [-0.2, 0) is 6.54 Å². The number of nitrogens with zero attached hydrogens (tertiary/aromatic N) is 5. The van der Waals surface area contributed by atoms with Gasteiger partial charge >= 0.3 is 0 Å². The van der Waals surface area contributed by atoms with Crippen LogP contribution in [0.1, 0.15) is 53.3 Å². The van der Waals surface area contributed by atoms with Gasteiger partial charge in [0.15, 0.2) is 0 Å². The van der Waals surface area contributed by atoms with Gasteiger partial charge in [-0.05, 0) is 58.2 Å². The molecule has 6 heteroatoms. The molecule has 28 heavy (non-hydrogen) atoms. The van der Waals surface area contributed by atoms with E-state index < -0.39 is 0 Å². The van der Waals surface area contributed by atoms with Crippen LogP contribution in [0.25, 0.3) is 0 Å². The SMILES string of the molecule is Cc1cccc(CN2CCCC3(CCCN(C(=O)c4cnc(C)nc4)C3)C2)n1. The summed E-state index contributed by atoms with van der Waals surface area (Å²) in [6.07, 6.45) is 7.94. The van der Waals surface area contributed by atoms with Gasteiger partial charge in [0, 0.05) is 49.7 Å². The van der Waals surface area contributed by atoms with Crippen molar-refractivity contribution in [1.82, 2.24) is 24.8 Å². The van der Waals surface area contributed by atoms with Crippen LogP contribution in [-0.4, -0.2) is 56.8 Å². The maximum absolute atomic E-state index is 13.0. The van der Waals surface area contributed by atoms with E-state index in [4.69, 9.17) is 0 Å². The highest BCUT2D eigenvalue weighted by molar-refractivity contribution is 5.93. The number of aryl methyl sites for hydroxylation is 2.